The fourth-order valence-electron chi connectivity index (χ4n) is 2.96. The van der Waals surface area contributed by atoms with E-state index in [9.17, 15) is 13.2 Å². The topological polar surface area (TPSA) is 75.3 Å². The van der Waals surface area contributed by atoms with Gasteiger partial charge in [0.25, 0.3) is 10.0 Å². The summed E-state index contributed by atoms with van der Waals surface area (Å²) in [4.78, 5) is 13.8. The monoisotopic (exact) mass is 488 g/mol. The van der Waals surface area contributed by atoms with E-state index in [1.165, 1.54) is 23.9 Å². The van der Waals surface area contributed by atoms with E-state index in [0.717, 1.165) is 16.0 Å². The number of hydrogen-bond donors (Lipinski definition) is 2. The number of nitrogens with one attached hydrogen (secondary N) is 2. The average Bonchev–Trinajstić information content (AvgIpc) is 2.76. The third kappa shape index (κ3) is 6.28. The number of hydrogen-bond acceptors (Lipinski definition) is 4. The summed E-state index contributed by atoms with van der Waals surface area (Å²) in [5.74, 6) is -0.142. The van der Waals surface area contributed by atoms with Crippen molar-refractivity contribution in [2.24, 2.45) is 0 Å². The van der Waals surface area contributed by atoms with Crippen molar-refractivity contribution in [2.45, 2.75) is 42.2 Å². The molecule has 0 saturated heterocycles. The predicted octanol–water partition coefficient (Wildman–Crippen LogP) is 6.27. The normalized spacial score (nSPS) is 12.2. The van der Waals surface area contributed by atoms with Gasteiger partial charge in [0.2, 0.25) is 5.91 Å². The van der Waals surface area contributed by atoms with Crippen molar-refractivity contribution >= 4 is 50.7 Å². The van der Waals surface area contributed by atoms with Crippen molar-refractivity contribution < 1.29 is 13.2 Å². The molecule has 0 saturated carbocycles. The van der Waals surface area contributed by atoms with Gasteiger partial charge >= 0.3 is 0 Å². The molecule has 0 heterocycles. The second-order valence-corrected chi connectivity index (χ2v) is 10.8. The first-order chi connectivity index (χ1) is 15.2. The summed E-state index contributed by atoms with van der Waals surface area (Å²) >= 11 is 7.38. The van der Waals surface area contributed by atoms with Gasteiger partial charge in [0.1, 0.15) is 0 Å². The summed E-state index contributed by atoms with van der Waals surface area (Å²) in [6, 6.07) is 18.9. The van der Waals surface area contributed by atoms with Crippen molar-refractivity contribution in [3.63, 3.8) is 0 Å². The molecular weight excluding hydrogens is 464 g/mol. The molecule has 3 aromatic rings. The minimum Gasteiger partial charge on any atom is -0.325 e. The Morgan fingerprint density at radius 3 is 2.16 bits per heavy atom. The SMILES string of the molecule is CC[C@H](Sc1ccc(Cl)cc1)C(=O)Nc1ccc(S(=O)(=O)Nc2ccc(C)c(C)c2)cc1. The lowest BCUT2D eigenvalue weighted by Crippen LogP contribution is -2.24. The molecule has 3 aromatic carbocycles. The van der Waals surface area contributed by atoms with Gasteiger partial charge in [0.15, 0.2) is 0 Å². The number of halogens is 1. The van der Waals surface area contributed by atoms with Crippen molar-refractivity contribution in [3.8, 4) is 0 Å². The van der Waals surface area contributed by atoms with Crippen LogP contribution >= 0.6 is 23.4 Å². The Kier molecular flexibility index (Phi) is 7.87. The molecule has 1 atom stereocenters. The lowest BCUT2D eigenvalue weighted by atomic mass is 10.1. The van der Waals surface area contributed by atoms with Crippen LogP contribution in [0.15, 0.2) is 76.5 Å². The highest BCUT2D eigenvalue weighted by atomic mass is 35.5. The van der Waals surface area contributed by atoms with Gasteiger partial charge in [-0.05, 0) is 92.1 Å². The zero-order valence-corrected chi connectivity index (χ0v) is 20.4. The maximum atomic E-state index is 12.7. The summed E-state index contributed by atoms with van der Waals surface area (Å²) < 4.78 is 28.0. The first kappa shape index (κ1) is 24.2. The molecule has 0 spiro atoms. The van der Waals surface area contributed by atoms with Crippen LogP contribution < -0.4 is 10.0 Å². The Morgan fingerprint density at radius 1 is 0.938 bits per heavy atom. The van der Waals surface area contributed by atoms with Crippen LogP contribution in [0, 0.1) is 13.8 Å². The van der Waals surface area contributed by atoms with Gasteiger partial charge in [-0.2, -0.15) is 0 Å². The van der Waals surface area contributed by atoms with Crippen LogP contribution in [0.25, 0.3) is 0 Å². The molecule has 0 bridgehead atoms. The number of thioether (sulfide) groups is 1. The van der Waals surface area contributed by atoms with E-state index in [4.69, 9.17) is 11.6 Å². The van der Waals surface area contributed by atoms with Gasteiger partial charge in [-0.25, -0.2) is 8.42 Å². The molecule has 32 heavy (non-hydrogen) atoms. The van der Waals surface area contributed by atoms with Gasteiger partial charge in [0, 0.05) is 21.3 Å². The standard InChI is InChI=1S/C24H25ClN2O3S2/c1-4-23(31-21-11-6-18(25)7-12-21)24(28)26-19-9-13-22(14-10-19)32(29,30)27-20-8-5-16(2)17(3)15-20/h5-15,23,27H,4H2,1-3H3,(H,26,28)/t23-/m0/s1. The predicted molar refractivity (Wildman–Crippen MR) is 133 cm³/mol. The minimum absolute atomic E-state index is 0.122. The van der Waals surface area contributed by atoms with Crippen LogP contribution in [0.3, 0.4) is 0 Å². The second-order valence-electron chi connectivity index (χ2n) is 7.39. The highest BCUT2D eigenvalue weighted by Crippen LogP contribution is 2.28. The average molecular weight is 489 g/mol. The molecule has 5 nitrogen and oxygen atoms in total. The quantitative estimate of drug-likeness (QED) is 0.366. The van der Waals surface area contributed by atoms with Crippen LogP contribution in [0.1, 0.15) is 24.5 Å². The van der Waals surface area contributed by atoms with E-state index in [1.54, 1.807) is 36.4 Å². The largest absolute Gasteiger partial charge is 0.325 e. The Morgan fingerprint density at radius 2 is 1.56 bits per heavy atom. The molecular formula is C24H25ClN2O3S2. The first-order valence-corrected chi connectivity index (χ1v) is 12.9. The van der Waals surface area contributed by atoms with E-state index in [-0.39, 0.29) is 16.1 Å². The third-order valence-electron chi connectivity index (χ3n) is 4.95. The van der Waals surface area contributed by atoms with Crippen molar-refractivity contribution in [1.29, 1.82) is 0 Å². The molecule has 168 valence electrons. The highest BCUT2D eigenvalue weighted by molar-refractivity contribution is 8.00. The maximum Gasteiger partial charge on any atom is 0.261 e. The number of sulfonamides is 1. The van der Waals surface area contributed by atoms with Gasteiger partial charge in [-0.1, -0.05) is 24.6 Å². The maximum absolute atomic E-state index is 12.7. The Bertz CT molecular complexity index is 1190. The van der Waals surface area contributed by atoms with Crippen LogP contribution in [0.2, 0.25) is 5.02 Å². The van der Waals surface area contributed by atoms with E-state index in [1.807, 2.05) is 39.0 Å². The fraction of sp³-hybridized carbons (Fsp3) is 0.208. The Labute approximate surface area is 198 Å². The molecule has 0 aromatic heterocycles. The third-order valence-corrected chi connectivity index (χ3v) is 7.97. The number of benzene rings is 3. The molecule has 0 aliphatic rings. The summed E-state index contributed by atoms with van der Waals surface area (Å²) in [5.41, 5.74) is 3.14. The zero-order chi connectivity index (χ0) is 23.3. The zero-order valence-electron chi connectivity index (χ0n) is 18.1. The molecule has 2 N–H and O–H groups in total. The van der Waals surface area contributed by atoms with Crippen LogP contribution in [0.4, 0.5) is 11.4 Å². The van der Waals surface area contributed by atoms with Gasteiger partial charge in [0.05, 0.1) is 10.1 Å². The second kappa shape index (κ2) is 10.4. The molecule has 0 aliphatic carbocycles. The number of anilines is 2. The highest BCUT2D eigenvalue weighted by Gasteiger charge is 2.19. The summed E-state index contributed by atoms with van der Waals surface area (Å²) in [5, 5.41) is 3.23. The fourth-order valence-corrected chi connectivity index (χ4v) is 5.09. The van der Waals surface area contributed by atoms with Gasteiger partial charge in [-0.15, -0.1) is 11.8 Å². The summed E-state index contributed by atoms with van der Waals surface area (Å²) in [6.45, 7) is 5.85. The summed E-state index contributed by atoms with van der Waals surface area (Å²) in [7, 11) is -3.73. The van der Waals surface area contributed by atoms with E-state index >= 15 is 0 Å². The molecule has 0 unspecified atom stereocenters. The van der Waals surface area contributed by atoms with E-state index in [0.29, 0.717) is 22.8 Å². The number of carbonyl (C=O) groups is 1. The van der Waals surface area contributed by atoms with Crippen LogP contribution in [-0.4, -0.2) is 19.6 Å². The Hall–Kier alpha value is -2.48. The minimum atomic E-state index is -3.73. The number of carbonyl (C=O) groups excluding carboxylic acids is 1. The molecule has 8 heteroatoms. The number of aryl methyl sites for hydroxylation is 2. The molecule has 0 fully saturated rings. The van der Waals surface area contributed by atoms with Gasteiger partial charge in [-0.3, -0.25) is 9.52 Å². The molecule has 0 aliphatic heterocycles. The van der Waals surface area contributed by atoms with Crippen molar-refractivity contribution in [3.05, 3.63) is 82.9 Å². The molecule has 0 radical (unpaired) electrons. The number of rotatable bonds is 8. The Balaban J connectivity index is 1.66. The van der Waals surface area contributed by atoms with Crippen LogP contribution in [0.5, 0.6) is 0 Å². The van der Waals surface area contributed by atoms with Crippen molar-refractivity contribution in [1.82, 2.24) is 0 Å². The van der Waals surface area contributed by atoms with Crippen LogP contribution in [-0.2, 0) is 14.8 Å². The van der Waals surface area contributed by atoms with E-state index in [2.05, 4.69) is 10.0 Å². The lowest BCUT2D eigenvalue weighted by Gasteiger charge is -2.15. The van der Waals surface area contributed by atoms with E-state index < -0.39 is 10.0 Å². The number of amides is 1. The van der Waals surface area contributed by atoms with Gasteiger partial charge < -0.3 is 5.32 Å². The molecule has 3 rings (SSSR count). The smallest absolute Gasteiger partial charge is 0.261 e. The van der Waals surface area contributed by atoms with Crippen molar-refractivity contribution in [2.75, 3.05) is 10.0 Å². The lowest BCUT2D eigenvalue weighted by molar-refractivity contribution is -0.115. The first-order valence-electron chi connectivity index (χ1n) is 10.1. The molecule has 1 amide bonds. The summed E-state index contributed by atoms with van der Waals surface area (Å²) in [6.07, 6.45) is 0.644.